The highest BCUT2D eigenvalue weighted by Crippen LogP contribution is 2.27. The van der Waals surface area contributed by atoms with Crippen LogP contribution in [0.2, 0.25) is 5.02 Å². The molecule has 0 aliphatic carbocycles. The molecule has 1 amide bonds. The average molecular weight is 605 g/mol. The van der Waals surface area contributed by atoms with Crippen molar-refractivity contribution in [1.29, 1.82) is 0 Å². The number of hydrogen-bond donors (Lipinski definition) is 1. The summed E-state index contributed by atoms with van der Waals surface area (Å²) in [5, 5.41) is 3.82. The number of anilines is 2. The quantitative estimate of drug-likeness (QED) is 0.338. The molecule has 4 rings (SSSR count). The summed E-state index contributed by atoms with van der Waals surface area (Å²) in [6.45, 7) is 5.59. The van der Waals surface area contributed by atoms with Gasteiger partial charge in [0.25, 0.3) is 10.0 Å². The van der Waals surface area contributed by atoms with Gasteiger partial charge in [0.2, 0.25) is 5.91 Å². The Balaban J connectivity index is 1.42. The number of rotatable bonds is 8. The van der Waals surface area contributed by atoms with Crippen molar-refractivity contribution in [2.24, 2.45) is 0 Å². The Labute approximate surface area is 232 Å². The first kappa shape index (κ1) is 27.5. The van der Waals surface area contributed by atoms with E-state index in [0.29, 0.717) is 10.7 Å². The lowest BCUT2D eigenvalue weighted by atomic mass is 10.0. The van der Waals surface area contributed by atoms with Crippen molar-refractivity contribution in [2.75, 3.05) is 28.8 Å². The number of aryl methyl sites for hydroxylation is 2. The van der Waals surface area contributed by atoms with Crippen LogP contribution < -0.4 is 14.5 Å². The van der Waals surface area contributed by atoms with Crippen molar-refractivity contribution in [3.8, 4) is 0 Å². The van der Waals surface area contributed by atoms with Crippen LogP contribution in [-0.4, -0.2) is 40.0 Å². The standard InChI is InChI=1S/C28H31BrClN3O3S/c1-20-17-21(2)19-26(18-20)33(37(35,36)27-9-3-22(29)4-10-27)16-13-28(34)31-24-11-14-32(15-12-24)25-7-5-23(30)6-8-25/h3-10,17-19,24H,11-16H2,1-2H3,(H,31,34). The van der Waals surface area contributed by atoms with Crippen LogP contribution in [0.25, 0.3) is 0 Å². The second-order valence-corrected chi connectivity index (χ2v) is 12.6. The van der Waals surface area contributed by atoms with Gasteiger partial charge in [-0.15, -0.1) is 0 Å². The number of carbonyl (C=O) groups is 1. The number of carbonyl (C=O) groups excluding carboxylic acids is 1. The van der Waals surface area contributed by atoms with Gasteiger partial charge in [0.1, 0.15) is 0 Å². The highest BCUT2D eigenvalue weighted by Gasteiger charge is 2.27. The minimum absolute atomic E-state index is 0.0523. The summed E-state index contributed by atoms with van der Waals surface area (Å²) in [7, 11) is -3.86. The Morgan fingerprint density at radius 1 is 1.00 bits per heavy atom. The van der Waals surface area contributed by atoms with Gasteiger partial charge in [-0.2, -0.15) is 0 Å². The number of piperidine rings is 1. The van der Waals surface area contributed by atoms with Crippen molar-refractivity contribution >= 4 is 54.8 Å². The molecule has 196 valence electrons. The molecule has 1 saturated heterocycles. The predicted molar refractivity (Wildman–Crippen MR) is 154 cm³/mol. The van der Waals surface area contributed by atoms with Gasteiger partial charge in [-0.3, -0.25) is 9.10 Å². The topological polar surface area (TPSA) is 69.7 Å². The molecule has 9 heteroatoms. The van der Waals surface area contributed by atoms with Crippen molar-refractivity contribution in [3.63, 3.8) is 0 Å². The summed E-state index contributed by atoms with van der Waals surface area (Å²) in [6.07, 6.45) is 1.72. The van der Waals surface area contributed by atoms with Crippen LogP contribution in [-0.2, 0) is 14.8 Å². The fourth-order valence-corrected chi connectivity index (χ4v) is 6.49. The maximum Gasteiger partial charge on any atom is 0.264 e. The Kier molecular flexibility index (Phi) is 8.82. The molecule has 6 nitrogen and oxygen atoms in total. The third-order valence-electron chi connectivity index (χ3n) is 6.49. The molecule has 3 aromatic rings. The van der Waals surface area contributed by atoms with Crippen molar-refractivity contribution in [2.45, 2.75) is 44.0 Å². The summed E-state index contributed by atoms with van der Waals surface area (Å²) in [5.74, 6) is -0.148. The van der Waals surface area contributed by atoms with Crippen LogP contribution in [0.5, 0.6) is 0 Å². The zero-order valence-electron chi connectivity index (χ0n) is 21.0. The van der Waals surface area contributed by atoms with E-state index in [1.54, 1.807) is 24.3 Å². The molecule has 0 spiro atoms. The van der Waals surface area contributed by atoms with Crippen LogP contribution >= 0.6 is 27.5 Å². The minimum Gasteiger partial charge on any atom is -0.371 e. The van der Waals surface area contributed by atoms with Gasteiger partial charge in [0, 0.05) is 47.3 Å². The fourth-order valence-electron chi connectivity index (χ4n) is 4.65. The van der Waals surface area contributed by atoms with Crippen LogP contribution in [0, 0.1) is 13.8 Å². The van der Waals surface area contributed by atoms with Gasteiger partial charge in [0.05, 0.1) is 10.6 Å². The molecular weight excluding hydrogens is 574 g/mol. The third-order valence-corrected chi connectivity index (χ3v) is 9.11. The molecule has 1 aliphatic heterocycles. The van der Waals surface area contributed by atoms with Crippen molar-refractivity contribution in [1.82, 2.24) is 5.32 Å². The highest BCUT2D eigenvalue weighted by atomic mass is 79.9. The molecule has 0 bridgehead atoms. The summed E-state index contributed by atoms with van der Waals surface area (Å²) in [5.41, 5.74) is 3.60. The van der Waals surface area contributed by atoms with E-state index in [9.17, 15) is 13.2 Å². The molecule has 0 saturated carbocycles. The molecule has 0 radical (unpaired) electrons. The van der Waals surface area contributed by atoms with E-state index >= 15 is 0 Å². The van der Waals surface area contributed by atoms with Gasteiger partial charge in [-0.1, -0.05) is 33.6 Å². The summed E-state index contributed by atoms with van der Waals surface area (Å²) >= 11 is 9.36. The van der Waals surface area contributed by atoms with E-state index in [-0.39, 0.29) is 29.8 Å². The van der Waals surface area contributed by atoms with E-state index in [4.69, 9.17) is 11.6 Å². The number of hydrogen-bond acceptors (Lipinski definition) is 4. The molecule has 0 atom stereocenters. The maximum absolute atomic E-state index is 13.6. The van der Waals surface area contributed by atoms with Crippen molar-refractivity contribution in [3.05, 3.63) is 87.4 Å². The molecule has 0 unspecified atom stereocenters. The number of nitrogens with zero attached hydrogens (tertiary/aromatic N) is 2. The third kappa shape index (κ3) is 7.06. The number of nitrogens with one attached hydrogen (secondary N) is 1. The largest absolute Gasteiger partial charge is 0.371 e. The smallest absolute Gasteiger partial charge is 0.264 e. The Morgan fingerprint density at radius 3 is 2.19 bits per heavy atom. The second kappa shape index (κ2) is 11.9. The Bertz CT molecular complexity index is 1320. The molecule has 37 heavy (non-hydrogen) atoms. The van der Waals surface area contributed by atoms with E-state index in [1.807, 2.05) is 56.3 Å². The maximum atomic E-state index is 13.6. The number of halogens is 2. The lowest BCUT2D eigenvalue weighted by molar-refractivity contribution is -0.121. The zero-order chi connectivity index (χ0) is 26.6. The second-order valence-electron chi connectivity index (χ2n) is 9.43. The van der Waals surface area contributed by atoms with Crippen molar-refractivity contribution < 1.29 is 13.2 Å². The van der Waals surface area contributed by atoms with Gasteiger partial charge in [-0.25, -0.2) is 8.42 Å². The van der Waals surface area contributed by atoms with Gasteiger partial charge < -0.3 is 10.2 Å². The summed E-state index contributed by atoms with van der Waals surface area (Å²) in [6, 6.07) is 20.1. The molecule has 3 aromatic carbocycles. The highest BCUT2D eigenvalue weighted by molar-refractivity contribution is 9.10. The normalized spacial score (nSPS) is 14.4. The fraction of sp³-hybridized carbons (Fsp3) is 0.321. The molecule has 1 fully saturated rings. The van der Waals surface area contributed by atoms with E-state index in [0.717, 1.165) is 47.2 Å². The van der Waals surface area contributed by atoms with Gasteiger partial charge in [-0.05, 0) is 98.5 Å². The van der Waals surface area contributed by atoms with Crippen LogP contribution in [0.15, 0.2) is 76.1 Å². The Hall–Kier alpha value is -2.55. The first-order chi connectivity index (χ1) is 17.6. The van der Waals surface area contributed by atoms with Crippen LogP contribution in [0.1, 0.15) is 30.4 Å². The predicted octanol–water partition coefficient (Wildman–Crippen LogP) is 6.09. The first-order valence-electron chi connectivity index (χ1n) is 12.3. The SMILES string of the molecule is Cc1cc(C)cc(N(CCC(=O)NC2CCN(c3ccc(Cl)cc3)CC2)S(=O)(=O)c2ccc(Br)cc2)c1. The molecule has 1 N–H and O–H groups in total. The number of sulfonamides is 1. The van der Waals surface area contributed by atoms with Crippen LogP contribution in [0.4, 0.5) is 11.4 Å². The minimum atomic E-state index is -3.86. The zero-order valence-corrected chi connectivity index (χ0v) is 24.1. The summed E-state index contributed by atoms with van der Waals surface area (Å²) < 4.78 is 29.4. The molecule has 1 aliphatic rings. The molecular formula is C28H31BrClN3O3S. The Morgan fingerprint density at radius 2 is 1.59 bits per heavy atom. The van der Waals surface area contributed by atoms with Gasteiger partial charge >= 0.3 is 0 Å². The average Bonchev–Trinajstić information content (AvgIpc) is 2.85. The van der Waals surface area contributed by atoms with E-state index < -0.39 is 10.0 Å². The monoisotopic (exact) mass is 603 g/mol. The summed E-state index contributed by atoms with van der Waals surface area (Å²) in [4.78, 5) is 15.4. The van der Waals surface area contributed by atoms with Crippen LogP contribution in [0.3, 0.4) is 0 Å². The van der Waals surface area contributed by atoms with E-state index in [1.165, 1.54) is 4.31 Å². The lowest BCUT2D eigenvalue weighted by Gasteiger charge is -2.34. The van der Waals surface area contributed by atoms with Gasteiger partial charge in [0.15, 0.2) is 0 Å². The lowest BCUT2D eigenvalue weighted by Crippen LogP contribution is -2.45. The molecule has 1 heterocycles. The van der Waals surface area contributed by atoms with E-state index in [2.05, 4.69) is 26.1 Å². The number of benzene rings is 3. The molecule has 0 aromatic heterocycles. The first-order valence-corrected chi connectivity index (χ1v) is 14.9. The number of amides is 1.